The third-order valence-electron chi connectivity index (χ3n) is 3.27. The Labute approximate surface area is 138 Å². The molecular weight excluding hydrogens is 318 g/mol. The van der Waals surface area contributed by atoms with Crippen LogP contribution in [-0.4, -0.2) is 35.6 Å². The molecule has 0 saturated carbocycles. The highest BCUT2D eigenvalue weighted by Gasteiger charge is 2.17. The number of aryl methyl sites for hydroxylation is 1. The van der Waals surface area contributed by atoms with Crippen LogP contribution in [0.3, 0.4) is 0 Å². The molecule has 2 rings (SSSR count). The lowest BCUT2D eigenvalue weighted by atomic mass is 10.1. The van der Waals surface area contributed by atoms with Gasteiger partial charge in [0.25, 0.3) is 12.3 Å². The maximum atomic E-state index is 12.2. The van der Waals surface area contributed by atoms with E-state index in [0.717, 1.165) is 5.56 Å². The second kappa shape index (κ2) is 8.35. The quantitative estimate of drug-likeness (QED) is 0.815. The molecule has 2 aromatic rings. The van der Waals surface area contributed by atoms with E-state index in [-0.39, 0.29) is 18.0 Å². The van der Waals surface area contributed by atoms with Crippen LogP contribution in [0.1, 0.15) is 27.7 Å². The highest BCUT2D eigenvalue weighted by atomic mass is 19.3. The normalized spacial score (nSPS) is 12.0. The molecule has 1 heterocycles. The van der Waals surface area contributed by atoms with Crippen molar-refractivity contribution >= 4 is 5.91 Å². The summed E-state index contributed by atoms with van der Waals surface area (Å²) < 4.78 is 29.4. The predicted molar refractivity (Wildman–Crippen MR) is 84.2 cm³/mol. The number of aliphatic hydroxyl groups is 1. The molecule has 1 atom stereocenters. The van der Waals surface area contributed by atoms with Crippen LogP contribution in [0.4, 0.5) is 8.78 Å². The van der Waals surface area contributed by atoms with Gasteiger partial charge in [-0.15, -0.1) is 0 Å². The molecule has 0 aliphatic heterocycles. The van der Waals surface area contributed by atoms with Gasteiger partial charge in [0.15, 0.2) is 11.4 Å². The van der Waals surface area contributed by atoms with E-state index in [2.05, 4.69) is 10.3 Å². The van der Waals surface area contributed by atoms with Crippen LogP contribution >= 0.6 is 0 Å². The summed E-state index contributed by atoms with van der Waals surface area (Å²) >= 11 is 0. The maximum absolute atomic E-state index is 12.2. The summed E-state index contributed by atoms with van der Waals surface area (Å²) in [5.74, 6) is -0.633. The van der Waals surface area contributed by atoms with Gasteiger partial charge in [-0.05, 0) is 24.6 Å². The van der Waals surface area contributed by atoms with Crippen molar-refractivity contribution in [1.82, 2.24) is 10.3 Å². The van der Waals surface area contributed by atoms with Crippen molar-refractivity contribution in [1.29, 1.82) is 0 Å². The predicted octanol–water partition coefficient (Wildman–Crippen LogP) is 2.50. The molecule has 1 aromatic carbocycles. The van der Waals surface area contributed by atoms with Crippen molar-refractivity contribution < 1.29 is 23.4 Å². The molecule has 128 valence electrons. The number of halogens is 2. The first-order valence-electron chi connectivity index (χ1n) is 7.36. The number of amides is 1. The van der Waals surface area contributed by atoms with Gasteiger partial charge in [-0.25, -0.2) is 13.8 Å². The number of nitrogens with one attached hydrogen (secondary N) is 1. The van der Waals surface area contributed by atoms with Gasteiger partial charge in [-0.2, -0.15) is 0 Å². The van der Waals surface area contributed by atoms with Crippen LogP contribution in [0.15, 0.2) is 42.6 Å². The van der Waals surface area contributed by atoms with Gasteiger partial charge >= 0.3 is 0 Å². The number of carbonyl (C=O) groups is 1. The van der Waals surface area contributed by atoms with Crippen molar-refractivity contribution in [2.75, 3.05) is 13.2 Å². The Hall–Kier alpha value is -2.54. The number of rotatable bonds is 7. The molecule has 2 N–H and O–H groups in total. The minimum atomic E-state index is -2.65. The first-order chi connectivity index (χ1) is 11.5. The fourth-order valence-electron chi connectivity index (χ4n) is 2.01. The number of pyridine rings is 1. The summed E-state index contributed by atoms with van der Waals surface area (Å²) in [7, 11) is 0. The van der Waals surface area contributed by atoms with E-state index in [0.29, 0.717) is 5.56 Å². The minimum Gasteiger partial charge on any atom is -0.485 e. The molecule has 0 aliphatic rings. The Kier molecular flexibility index (Phi) is 6.20. The van der Waals surface area contributed by atoms with E-state index in [4.69, 9.17) is 4.74 Å². The maximum Gasteiger partial charge on any atom is 0.273 e. The molecule has 0 bridgehead atoms. The van der Waals surface area contributed by atoms with E-state index in [1.54, 1.807) is 12.1 Å². The van der Waals surface area contributed by atoms with Crippen molar-refractivity contribution in [2.24, 2.45) is 0 Å². The van der Waals surface area contributed by atoms with Crippen LogP contribution in [-0.2, 0) is 0 Å². The lowest BCUT2D eigenvalue weighted by Crippen LogP contribution is -2.29. The molecule has 24 heavy (non-hydrogen) atoms. The number of aromatic nitrogens is 1. The summed E-state index contributed by atoms with van der Waals surface area (Å²) in [5, 5.41) is 12.6. The summed E-state index contributed by atoms with van der Waals surface area (Å²) in [6.45, 7) is 1.07. The molecule has 5 nitrogen and oxygen atoms in total. The second-order valence-electron chi connectivity index (χ2n) is 5.19. The van der Waals surface area contributed by atoms with Gasteiger partial charge in [0.2, 0.25) is 0 Å². The zero-order valence-corrected chi connectivity index (χ0v) is 13.1. The number of ether oxygens (including phenoxy) is 1. The van der Waals surface area contributed by atoms with E-state index in [1.165, 1.54) is 18.3 Å². The molecule has 0 spiro atoms. The molecule has 0 fully saturated rings. The monoisotopic (exact) mass is 336 g/mol. The van der Waals surface area contributed by atoms with Gasteiger partial charge in [-0.3, -0.25) is 4.79 Å². The molecule has 0 radical (unpaired) electrons. The number of hydrogen-bond acceptors (Lipinski definition) is 4. The van der Waals surface area contributed by atoms with E-state index in [9.17, 15) is 18.7 Å². The fraction of sp³-hybridized carbons (Fsp3) is 0.294. The van der Waals surface area contributed by atoms with Crippen LogP contribution in [0.25, 0.3) is 0 Å². The topological polar surface area (TPSA) is 71.5 Å². The number of hydrogen-bond donors (Lipinski definition) is 2. The zero-order chi connectivity index (χ0) is 17.5. The first-order valence-corrected chi connectivity index (χ1v) is 7.36. The minimum absolute atomic E-state index is 0.0277. The van der Waals surface area contributed by atoms with Crippen molar-refractivity contribution in [3.05, 3.63) is 59.4 Å². The van der Waals surface area contributed by atoms with E-state index < -0.39 is 25.0 Å². The van der Waals surface area contributed by atoms with Gasteiger partial charge in [0, 0.05) is 12.7 Å². The van der Waals surface area contributed by atoms with Crippen LogP contribution in [0.5, 0.6) is 5.75 Å². The summed E-state index contributed by atoms with van der Waals surface area (Å²) in [6, 6.07) is 10.1. The number of benzene rings is 1. The van der Waals surface area contributed by atoms with Gasteiger partial charge in [0.1, 0.15) is 6.61 Å². The third-order valence-corrected chi connectivity index (χ3v) is 3.27. The van der Waals surface area contributed by atoms with Crippen molar-refractivity contribution in [2.45, 2.75) is 19.5 Å². The van der Waals surface area contributed by atoms with E-state index in [1.807, 2.05) is 19.1 Å². The largest absolute Gasteiger partial charge is 0.485 e. The standard InChI is InChI=1S/C17H18F2N2O3/c1-11-4-6-12(7-5-11)13(22)9-21-17(23)16-14(3-2-8-20-16)24-10-15(18)19/h2-8,13,15,22H,9-10H2,1H3,(H,21,23). The molecule has 0 saturated heterocycles. The molecule has 1 aromatic heterocycles. The number of carbonyl (C=O) groups excluding carboxylic acids is 1. The Morgan fingerprint density at radius 2 is 2.00 bits per heavy atom. The summed E-state index contributed by atoms with van der Waals surface area (Å²) in [6.07, 6.45) is -2.17. The fourth-order valence-corrected chi connectivity index (χ4v) is 2.01. The Bertz CT molecular complexity index is 678. The first kappa shape index (κ1) is 17.8. The molecule has 1 amide bonds. The number of alkyl halides is 2. The molecule has 7 heteroatoms. The summed E-state index contributed by atoms with van der Waals surface area (Å²) in [5.41, 5.74) is 1.62. The molecule has 1 unspecified atom stereocenters. The molecule has 0 aliphatic carbocycles. The smallest absolute Gasteiger partial charge is 0.273 e. The SMILES string of the molecule is Cc1ccc(C(O)CNC(=O)c2ncccc2OCC(F)F)cc1. The number of nitrogens with zero attached hydrogens (tertiary/aromatic N) is 1. The lowest BCUT2D eigenvalue weighted by molar-refractivity contribution is 0.0785. The summed E-state index contributed by atoms with van der Waals surface area (Å²) in [4.78, 5) is 16.0. The highest BCUT2D eigenvalue weighted by Crippen LogP contribution is 2.17. The third kappa shape index (κ3) is 4.99. The molecular formula is C17H18F2N2O3. The van der Waals surface area contributed by atoms with Crippen molar-refractivity contribution in [3.8, 4) is 5.75 Å². The van der Waals surface area contributed by atoms with Crippen molar-refractivity contribution in [3.63, 3.8) is 0 Å². The van der Waals surface area contributed by atoms with Gasteiger partial charge < -0.3 is 15.2 Å². The van der Waals surface area contributed by atoms with Crippen LogP contribution in [0.2, 0.25) is 0 Å². The zero-order valence-electron chi connectivity index (χ0n) is 13.1. The Balaban J connectivity index is 1.98. The Morgan fingerprint density at radius 1 is 1.29 bits per heavy atom. The second-order valence-corrected chi connectivity index (χ2v) is 5.19. The van der Waals surface area contributed by atoms with E-state index >= 15 is 0 Å². The van der Waals surface area contributed by atoms with Crippen LogP contribution < -0.4 is 10.1 Å². The van der Waals surface area contributed by atoms with Crippen LogP contribution in [0, 0.1) is 6.92 Å². The average Bonchev–Trinajstić information content (AvgIpc) is 2.58. The van der Waals surface area contributed by atoms with Gasteiger partial charge in [0.05, 0.1) is 6.10 Å². The highest BCUT2D eigenvalue weighted by molar-refractivity contribution is 5.94. The van der Waals surface area contributed by atoms with Gasteiger partial charge in [-0.1, -0.05) is 29.8 Å². The average molecular weight is 336 g/mol. The Morgan fingerprint density at radius 3 is 2.67 bits per heavy atom. The number of aliphatic hydroxyl groups excluding tert-OH is 1. The lowest BCUT2D eigenvalue weighted by Gasteiger charge is -2.14.